The Morgan fingerprint density at radius 3 is 2.88 bits per heavy atom. The zero-order chi connectivity index (χ0) is 12.0. The van der Waals surface area contributed by atoms with E-state index >= 15 is 0 Å². The highest BCUT2D eigenvalue weighted by molar-refractivity contribution is 5.95. The highest BCUT2D eigenvalue weighted by Crippen LogP contribution is 2.07. The highest BCUT2D eigenvalue weighted by atomic mass is 19.1. The minimum atomic E-state index is -0.280. The van der Waals surface area contributed by atoms with Crippen molar-refractivity contribution in [3.05, 3.63) is 35.4 Å². The Morgan fingerprint density at radius 1 is 1.50 bits per heavy atom. The minimum Gasteiger partial charge on any atom is -0.384 e. The van der Waals surface area contributed by atoms with Gasteiger partial charge in [0.15, 0.2) is 0 Å². The van der Waals surface area contributed by atoms with Crippen molar-refractivity contribution in [2.45, 2.75) is 13.0 Å². The van der Waals surface area contributed by atoms with E-state index in [1.54, 1.807) is 0 Å². The fraction of sp³-hybridized carbons (Fsp3) is 0.417. The molecule has 16 heavy (non-hydrogen) atoms. The number of nitrogen functional groups attached to an aromatic ring is 1. The Morgan fingerprint density at radius 2 is 2.25 bits per heavy atom. The average Bonchev–Trinajstić information content (AvgIpc) is 2.26. The summed E-state index contributed by atoms with van der Waals surface area (Å²) in [4.78, 5) is 2.05. The van der Waals surface area contributed by atoms with E-state index in [1.165, 1.54) is 0 Å². The molecule has 0 unspecified atom stereocenters. The molecule has 0 atom stereocenters. The lowest BCUT2D eigenvalue weighted by Crippen LogP contribution is -2.20. The van der Waals surface area contributed by atoms with E-state index in [9.17, 15) is 4.39 Å². The van der Waals surface area contributed by atoms with Crippen molar-refractivity contribution >= 4 is 5.84 Å². The summed E-state index contributed by atoms with van der Waals surface area (Å²) in [6, 6.07) is 7.58. The summed E-state index contributed by atoms with van der Waals surface area (Å²) in [5.74, 6) is 0.0771. The molecular formula is C12H18FN3. The number of benzene rings is 1. The molecular weight excluding hydrogens is 205 g/mol. The van der Waals surface area contributed by atoms with Crippen molar-refractivity contribution in [1.29, 1.82) is 5.41 Å². The summed E-state index contributed by atoms with van der Waals surface area (Å²) >= 11 is 0. The molecule has 0 radical (unpaired) electrons. The summed E-state index contributed by atoms with van der Waals surface area (Å²) < 4.78 is 12.0. The van der Waals surface area contributed by atoms with Crippen molar-refractivity contribution in [1.82, 2.24) is 4.90 Å². The first-order valence-corrected chi connectivity index (χ1v) is 5.31. The first-order valence-electron chi connectivity index (χ1n) is 5.31. The van der Waals surface area contributed by atoms with Crippen molar-refractivity contribution in [3.63, 3.8) is 0 Å². The van der Waals surface area contributed by atoms with E-state index in [4.69, 9.17) is 11.1 Å². The Balaban J connectivity index is 2.59. The van der Waals surface area contributed by atoms with Crippen LogP contribution in [-0.4, -0.2) is 31.0 Å². The van der Waals surface area contributed by atoms with Gasteiger partial charge in [-0.05, 0) is 25.1 Å². The van der Waals surface area contributed by atoms with Gasteiger partial charge in [0.05, 0.1) is 6.67 Å². The van der Waals surface area contributed by atoms with Crippen LogP contribution in [0.4, 0.5) is 4.39 Å². The van der Waals surface area contributed by atoms with Crippen LogP contribution in [0, 0.1) is 5.41 Å². The van der Waals surface area contributed by atoms with Gasteiger partial charge in [0, 0.05) is 18.7 Å². The second-order valence-electron chi connectivity index (χ2n) is 3.89. The molecule has 0 aliphatic rings. The second-order valence-corrected chi connectivity index (χ2v) is 3.89. The first-order chi connectivity index (χ1) is 7.63. The van der Waals surface area contributed by atoms with Gasteiger partial charge in [0.25, 0.3) is 0 Å². The third kappa shape index (κ3) is 3.98. The Hall–Kier alpha value is -1.42. The number of alkyl halides is 1. The quantitative estimate of drug-likeness (QED) is 0.570. The molecule has 0 spiro atoms. The van der Waals surface area contributed by atoms with Crippen molar-refractivity contribution in [3.8, 4) is 0 Å². The van der Waals surface area contributed by atoms with Crippen LogP contribution in [0.5, 0.6) is 0 Å². The third-order valence-electron chi connectivity index (χ3n) is 2.36. The molecule has 0 aliphatic heterocycles. The van der Waals surface area contributed by atoms with Crippen molar-refractivity contribution < 1.29 is 4.39 Å². The number of amidine groups is 1. The van der Waals surface area contributed by atoms with E-state index in [0.29, 0.717) is 6.42 Å². The maximum atomic E-state index is 12.0. The smallest absolute Gasteiger partial charge is 0.122 e. The van der Waals surface area contributed by atoms with Gasteiger partial charge in [-0.3, -0.25) is 9.80 Å². The summed E-state index contributed by atoms with van der Waals surface area (Å²) in [7, 11) is 1.95. The van der Waals surface area contributed by atoms with Gasteiger partial charge in [-0.2, -0.15) is 0 Å². The van der Waals surface area contributed by atoms with Gasteiger partial charge in [0.2, 0.25) is 0 Å². The van der Waals surface area contributed by atoms with Gasteiger partial charge in [-0.1, -0.05) is 18.2 Å². The van der Waals surface area contributed by atoms with E-state index in [0.717, 1.165) is 24.2 Å². The molecule has 3 N–H and O–H groups in total. The largest absolute Gasteiger partial charge is 0.384 e. The van der Waals surface area contributed by atoms with Crippen LogP contribution in [-0.2, 0) is 6.54 Å². The lowest BCUT2D eigenvalue weighted by atomic mass is 10.1. The van der Waals surface area contributed by atoms with E-state index in [-0.39, 0.29) is 12.5 Å². The molecule has 0 heterocycles. The molecule has 0 bridgehead atoms. The number of nitrogens with two attached hydrogens (primary N) is 1. The number of hydrogen-bond donors (Lipinski definition) is 2. The van der Waals surface area contributed by atoms with Crippen LogP contribution in [0.2, 0.25) is 0 Å². The van der Waals surface area contributed by atoms with Gasteiger partial charge < -0.3 is 10.6 Å². The number of halogens is 1. The molecule has 88 valence electrons. The van der Waals surface area contributed by atoms with Crippen LogP contribution in [0.15, 0.2) is 24.3 Å². The molecule has 0 saturated carbocycles. The minimum absolute atomic E-state index is 0.0771. The standard InChI is InChI=1S/C12H18FN3/c1-16(7-3-6-13)9-10-4-2-5-11(8-10)12(14)15/h2,4-5,8H,3,6-7,9H2,1H3,(H3,14,15). The van der Waals surface area contributed by atoms with Crippen LogP contribution in [0.25, 0.3) is 0 Å². The third-order valence-corrected chi connectivity index (χ3v) is 2.36. The summed E-state index contributed by atoms with van der Waals surface area (Å²) in [5.41, 5.74) is 7.24. The molecule has 0 fully saturated rings. The van der Waals surface area contributed by atoms with Crippen LogP contribution in [0.3, 0.4) is 0 Å². The Bertz CT molecular complexity index is 352. The zero-order valence-corrected chi connectivity index (χ0v) is 9.54. The topological polar surface area (TPSA) is 53.1 Å². The maximum Gasteiger partial charge on any atom is 0.122 e. The number of rotatable bonds is 6. The molecule has 3 nitrogen and oxygen atoms in total. The number of hydrogen-bond acceptors (Lipinski definition) is 2. The van der Waals surface area contributed by atoms with Gasteiger partial charge >= 0.3 is 0 Å². The Labute approximate surface area is 95.6 Å². The lowest BCUT2D eigenvalue weighted by molar-refractivity contribution is 0.303. The molecule has 0 amide bonds. The van der Waals surface area contributed by atoms with E-state index in [2.05, 4.69) is 4.90 Å². The molecule has 0 aliphatic carbocycles. The van der Waals surface area contributed by atoms with Crippen LogP contribution in [0.1, 0.15) is 17.5 Å². The fourth-order valence-corrected chi connectivity index (χ4v) is 1.56. The normalized spacial score (nSPS) is 10.7. The van der Waals surface area contributed by atoms with Crippen molar-refractivity contribution in [2.75, 3.05) is 20.3 Å². The monoisotopic (exact) mass is 223 g/mol. The number of nitrogens with one attached hydrogen (secondary N) is 1. The predicted octanol–water partition coefficient (Wildman–Crippen LogP) is 1.76. The Kier molecular flexibility index (Phi) is 4.92. The SMILES string of the molecule is CN(CCCF)Cc1cccc(C(=N)N)c1. The number of nitrogens with zero attached hydrogens (tertiary/aromatic N) is 1. The van der Waals surface area contributed by atoms with Crippen LogP contribution >= 0.6 is 0 Å². The van der Waals surface area contributed by atoms with Gasteiger partial charge in [0.1, 0.15) is 5.84 Å². The van der Waals surface area contributed by atoms with Gasteiger partial charge in [-0.25, -0.2) is 0 Å². The second kappa shape index (κ2) is 6.23. The molecule has 4 heteroatoms. The molecule has 1 aromatic rings. The predicted molar refractivity (Wildman–Crippen MR) is 64.4 cm³/mol. The van der Waals surface area contributed by atoms with Crippen LogP contribution < -0.4 is 5.73 Å². The first kappa shape index (κ1) is 12.6. The van der Waals surface area contributed by atoms with Crippen molar-refractivity contribution in [2.24, 2.45) is 5.73 Å². The fourth-order valence-electron chi connectivity index (χ4n) is 1.56. The van der Waals surface area contributed by atoms with E-state index in [1.807, 2.05) is 31.3 Å². The lowest BCUT2D eigenvalue weighted by Gasteiger charge is -2.16. The summed E-state index contributed by atoms with van der Waals surface area (Å²) in [6.07, 6.45) is 0.558. The summed E-state index contributed by atoms with van der Waals surface area (Å²) in [5, 5.41) is 7.34. The van der Waals surface area contributed by atoms with E-state index < -0.39 is 0 Å². The average molecular weight is 223 g/mol. The molecule has 1 rings (SSSR count). The zero-order valence-electron chi connectivity index (χ0n) is 9.54. The summed E-state index contributed by atoms with van der Waals surface area (Å²) in [6.45, 7) is 1.21. The molecule has 1 aromatic carbocycles. The molecule has 0 aromatic heterocycles. The highest BCUT2D eigenvalue weighted by Gasteiger charge is 2.02. The maximum absolute atomic E-state index is 12.0. The van der Waals surface area contributed by atoms with Gasteiger partial charge in [-0.15, -0.1) is 0 Å². The molecule has 0 saturated heterocycles.